The number of carbonyl (C=O) groups excluding carboxylic acids is 2. The highest BCUT2D eigenvalue weighted by Gasteiger charge is 2.36. The third-order valence-corrected chi connectivity index (χ3v) is 6.13. The third-order valence-electron chi connectivity index (χ3n) is 5.46. The van der Waals surface area contributed by atoms with E-state index in [0.717, 1.165) is 22.9 Å². The zero-order valence-corrected chi connectivity index (χ0v) is 20.1. The van der Waals surface area contributed by atoms with Crippen molar-refractivity contribution in [2.45, 2.75) is 19.4 Å². The van der Waals surface area contributed by atoms with Crippen LogP contribution in [0.2, 0.25) is 0 Å². The fraction of sp³-hybridized carbons (Fsp3) is 0.192. The molecule has 2 N–H and O–H groups in total. The Bertz CT molecular complexity index is 1380. The lowest BCUT2D eigenvalue weighted by atomic mass is 9.90. The van der Waals surface area contributed by atoms with Crippen LogP contribution in [0.4, 0.5) is 11.4 Å². The van der Waals surface area contributed by atoms with Gasteiger partial charge in [0.2, 0.25) is 15.9 Å². The van der Waals surface area contributed by atoms with Crippen molar-refractivity contribution >= 4 is 39.0 Å². The fourth-order valence-corrected chi connectivity index (χ4v) is 4.25. The molecule has 0 aromatic heterocycles. The zero-order valence-electron chi connectivity index (χ0n) is 19.3. The van der Waals surface area contributed by atoms with Crippen LogP contribution in [0.5, 0.6) is 0 Å². The van der Waals surface area contributed by atoms with Gasteiger partial charge in [-0.3, -0.25) is 9.79 Å². The predicted molar refractivity (Wildman–Crippen MR) is 135 cm³/mol. The van der Waals surface area contributed by atoms with Crippen molar-refractivity contribution in [2.75, 3.05) is 18.2 Å². The maximum atomic E-state index is 13.1. The second-order valence-electron chi connectivity index (χ2n) is 8.07. The number of ether oxygens (including phenoxy) is 1. The first-order valence-corrected chi connectivity index (χ1v) is 12.9. The van der Waals surface area contributed by atoms with Crippen LogP contribution < -0.4 is 10.0 Å². The fourth-order valence-electron chi connectivity index (χ4n) is 3.82. The largest absolute Gasteiger partial charge is 0.462 e. The Hall–Kier alpha value is -3.82. The summed E-state index contributed by atoms with van der Waals surface area (Å²) in [6.07, 6.45) is 1.11. The number of nitrogens with zero attached hydrogens (tertiary/aromatic N) is 1. The van der Waals surface area contributed by atoms with Gasteiger partial charge >= 0.3 is 5.97 Å². The third kappa shape index (κ3) is 5.82. The molecule has 1 amide bonds. The van der Waals surface area contributed by atoms with Gasteiger partial charge < -0.3 is 10.1 Å². The highest BCUT2D eigenvalue weighted by molar-refractivity contribution is 7.88. The molecule has 3 aromatic rings. The molecule has 0 bridgehead atoms. The summed E-state index contributed by atoms with van der Waals surface area (Å²) in [7, 11) is -3.30. The van der Waals surface area contributed by atoms with Crippen molar-refractivity contribution in [3.63, 3.8) is 0 Å². The Morgan fingerprint density at radius 2 is 1.74 bits per heavy atom. The second-order valence-corrected chi connectivity index (χ2v) is 9.90. The Balaban J connectivity index is 1.70. The molecule has 0 saturated heterocycles. The van der Waals surface area contributed by atoms with Crippen LogP contribution >= 0.6 is 0 Å². The van der Waals surface area contributed by atoms with E-state index in [1.807, 2.05) is 30.3 Å². The molecule has 180 valence electrons. The van der Waals surface area contributed by atoms with E-state index in [9.17, 15) is 18.0 Å². The number of sulfonamides is 1. The van der Waals surface area contributed by atoms with E-state index < -0.39 is 21.9 Å². The summed E-state index contributed by atoms with van der Waals surface area (Å²) in [4.78, 5) is 30.1. The molecule has 9 heteroatoms. The minimum absolute atomic E-state index is 0.176. The molecule has 1 atom stereocenters. The van der Waals surface area contributed by atoms with Crippen LogP contribution in [0.3, 0.4) is 0 Å². The molecule has 0 spiro atoms. The van der Waals surface area contributed by atoms with Gasteiger partial charge in [-0.05, 0) is 47.9 Å². The van der Waals surface area contributed by atoms with Gasteiger partial charge in [0.1, 0.15) is 5.92 Å². The second kappa shape index (κ2) is 10.2. The van der Waals surface area contributed by atoms with Gasteiger partial charge in [-0.15, -0.1) is 0 Å². The molecular weight excluding hydrogens is 466 g/mol. The number of carbonyl (C=O) groups is 2. The molecule has 4 rings (SSSR count). The average molecular weight is 492 g/mol. The van der Waals surface area contributed by atoms with E-state index in [4.69, 9.17) is 9.73 Å². The monoisotopic (exact) mass is 491 g/mol. The van der Waals surface area contributed by atoms with E-state index in [1.165, 1.54) is 0 Å². The maximum Gasteiger partial charge on any atom is 0.338 e. The van der Waals surface area contributed by atoms with E-state index in [1.54, 1.807) is 49.4 Å². The summed E-state index contributed by atoms with van der Waals surface area (Å²) < 4.78 is 30.2. The normalized spacial score (nSPS) is 15.4. The molecule has 0 saturated carbocycles. The van der Waals surface area contributed by atoms with Crippen molar-refractivity contribution in [3.05, 3.63) is 95.1 Å². The zero-order chi connectivity index (χ0) is 25.0. The summed E-state index contributed by atoms with van der Waals surface area (Å²) >= 11 is 0. The van der Waals surface area contributed by atoms with Crippen LogP contribution in [0, 0.1) is 0 Å². The number of benzene rings is 3. The number of esters is 1. The number of anilines is 1. The van der Waals surface area contributed by atoms with Crippen molar-refractivity contribution in [1.29, 1.82) is 0 Å². The Morgan fingerprint density at radius 3 is 2.40 bits per heavy atom. The van der Waals surface area contributed by atoms with E-state index in [2.05, 4.69) is 10.0 Å². The summed E-state index contributed by atoms with van der Waals surface area (Å²) in [5, 5.41) is 2.87. The molecule has 0 fully saturated rings. The highest BCUT2D eigenvalue weighted by Crippen LogP contribution is 2.37. The number of aliphatic imine (C=N–C) groups is 1. The van der Waals surface area contributed by atoms with Crippen molar-refractivity contribution in [3.8, 4) is 0 Å². The molecule has 3 aromatic carbocycles. The van der Waals surface area contributed by atoms with Crippen LogP contribution in [-0.4, -0.2) is 38.9 Å². The lowest BCUT2D eigenvalue weighted by Gasteiger charge is -2.14. The van der Waals surface area contributed by atoms with Crippen LogP contribution in [-0.2, 0) is 26.1 Å². The smallest absolute Gasteiger partial charge is 0.338 e. The van der Waals surface area contributed by atoms with E-state index in [-0.39, 0.29) is 19.1 Å². The first kappa shape index (κ1) is 24.3. The minimum atomic E-state index is -3.30. The first-order valence-electron chi connectivity index (χ1n) is 11.0. The molecule has 1 unspecified atom stereocenters. The van der Waals surface area contributed by atoms with Crippen LogP contribution in [0.15, 0.2) is 77.8 Å². The van der Waals surface area contributed by atoms with Crippen LogP contribution in [0.1, 0.15) is 39.9 Å². The SMILES string of the molecule is CCOC(=O)c1ccc2c(c1)NC(=O)C2C(=Nc1ccc(CNS(C)(=O)=O)cc1)c1ccccc1. The van der Waals surface area contributed by atoms with Gasteiger partial charge in [-0.2, -0.15) is 0 Å². The highest BCUT2D eigenvalue weighted by atomic mass is 32.2. The Morgan fingerprint density at radius 1 is 1.03 bits per heavy atom. The lowest BCUT2D eigenvalue weighted by Crippen LogP contribution is -2.22. The molecule has 1 heterocycles. The minimum Gasteiger partial charge on any atom is -0.462 e. The van der Waals surface area contributed by atoms with Crippen molar-refractivity contribution in [2.24, 2.45) is 4.99 Å². The van der Waals surface area contributed by atoms with Gasteiger partial charge in [-0.25, -0.2) is 17.9 Å². The van der Waals surface area contributed by atoms with Gasteiger partial charge in [-0.1, -0.05) is 48.5 Å². The lowest BCUT2D eigenvalue weighted by molar-refractivity contribution is -0.115. The number of hydrogen-bond acceptors (Lipinski definition) is 6. The Labute approximate surface area is 204 Å². The van der Waals surface area contributed by atoms with Gasteiger partial charge in [0.15, 0.2) is 0 Å². The number of fused-ring (bicyclic) bond motifs is 1. The average Bonchev–Trinajstić information content (AvgIpc) is 3.17. The van der Waals surface area contributed by atoms with Crippen molar-refractivity contribution in [1.82, 2.24) is 4.72 Å². The summed E-state index contributed by atoms with van der Waals surface area (Å²) in [5.41, 5.74) is 4.40. The maximum absolute atomic E-state index is 13.1. The molecule has 1 aliphatic heterocycles. The molecule has 8 nitrogen and oxygen atoms in total. The quantitative estimate of drug-likeness (QED) is 0.368. The number of rotatable bonds is 8. The van der Waals surface area contributed by atoms with Gasteiger partial charge in [0.25, 0.3) is 0 Å². The standard InChI is InChI=1S/C26H25N3O5S/c1-3-34-26(31)19-11-14-21-22(15-19)29-25(30)23(21)24(18-7-5-4-6-8-18)28-20-12-9-17(10-13-20)16-27-35(2,32)33/h4-15,23,27H,3,16H2,1-2H3,(H,29,30). The van der Waals surface area contributed by atoms with E-state index >= 15 is 0 Å². The van der Waals surface area contributed by atoms with Gasteiger partial charge in [0, 0.05) is 12.2 Å². The molecular formula is C26H25N3O5S. The van der Waals surface area contributed by atoms with E-state index in [0.29, 0.717) is 22.6 Å². The summed E-state index contributed by atoms with van der Waals surface area (Å²) in [6.45, 7) is 2.18. The van der Waals surface area contributed by atoms with Gasteiger partial charge in [0.05, 0.1) is 29.8 Å². The number of amides is 1. The molecule has 1 aliphatic rings. The molecule has 35 heavy (non-hydrogen) atoms. The topological polar surface area (TPSA) is 114 Å². The predicted octanol–water partition coefficient (Wildman–Crippen LogP) is 3.77. The summed E-state index contributed by atoms with van der Waals surface area (Å²) in [5.74, 6) is -1.36. The number of nitrogens with one attached hydrogen (secondary N) is 2. The summed E-state index contributed by atoms with van der Waals surface area (Å²) in [6, 6.07) is 21.6. The molecule has 0 aliphatic carbocycles. The van der Waals surface area contributed by atoms with Crippen molar-refractivity contribution < 1.29 is 22.7 Å². The number of hydrogen-bond donors (Lipinski definition) is 2. The first-order chi connectivity index (χ1) is 16.7. The van der Waals surface area contributed by atoms with Crippen LogP contribution in [0.25, 0.3) is 0 Å². The Kier molecular flexibility index (Phi) is 7.09. The molecule has 0 radical (unpaired) electrons.